The molecule has 168 valence electrons. The van der Waals surface area contributed by atoms with Crippen LogP contribution in [0.25, 0.3) is 0 Å². The Bertz CT molecular complexity index is 1150. The Morgan fingerprint density at radius 1 is 1.26 bits per heavy atom. The van der Waals surface area contributed by atoms with Crippen LogP contribution in [0.5, 0.6) is 0 Å². The molecule has 2 rings (SSSR count). The van der Waals surface area contributed by atoms with Crippen LogP contribution in [0.15, 0.2) is 34.1 Å². The van der Waals surface area contributed by atoms with Crippen LogP contribution in [0.1, 0.15) is 18.9 Å². The van der Waals surface area contributed by atoms with Crippen LogP contribution < -0.4 is 15.6 Å². The summed E-state index contributed by atoms with van der Waals surface area (Å²) in [7, 11) is -3.94. The zero-order valence-electron chi connectivity index (χ0n) is 16.6. The molecule has 2 N–H and O–H groups in total. The first-order valence-corrected chi connectivity index (χ1v) is 11.3. The van der Waals surface area contributed by atoms with E-state index in [0.717, 1.165) is 10.9 Å². The van der Waals surface area contributed by atoms with Crippen LogP contribution >= 0.6 is 23.2 Å². The van der Waals surface area contributed by atoms with Crippen LogP contribution in [-0.2, 0) is 30.9 Å². The molecule has 0 bridgehead atoms. The number of benzene rings is 1. The second-order valence-corrected chi connectivity index (χ2v) is 8.77. The number of anilines is 1. The van der Waals surface area contributed by atoms with Crippen LogP contribution in [0, 0.1) is 6.92 Å². The highest BCUT2D eigenvalue weighted by Gasteiger charge is 2.19. The summed E-state index contributed by atoms with van der Waals surface area (Å²) in [5.41, 5.74) is -0.110. The van der Waals surface area contributed by atoms with Crippen molar-refractivity contribution < 1.29 is 22.7 Å². The SMILES string of the molecule is CCOC(=O)CCNS(=O)(=O)c1cc(NC(=O)Cn2ncc(Cl)c(Cl)c2=O)ccc1C. The first-order valence-electron chi connectivity index (χ1n) is 9.02. The second kappa shape index (κ2) is 10.7. The molecule has 0 spiro atoms. The van der Waals surface area contributed by atoms with E-state index in [1.807, 2.05) is 0 Å². The smallest absolute Gasteiger partial charge is 0.307 e. The molecule has 0 atom stereocenters. The summed E-state index contributed by atoms with van der Waals surface area (Å²) in [6.07, 6.45) is 1.02. The van der Waals surface area contributed by atoms with Crippen LogP contribution in [0.2, 0.25) is 10.0 Å². The molecule has 0 aliphatic carbocycles. The molecule has 0 aliphatic heterocycles. The summed E-state index contributed by atoms with van der Waals surface area (Å²) < 4.78 is 33.1. The maximum atomic E-state index is 12.6. The van der Waals surface area contributed by atoms with Gasteiger partial charge in [0.15, 0.2) is 0 Å². The molecule has 0 saturated carbocycles. The lowest BCUT2D eigenvalue weighted by Gasteiger charge is -2.12. The number of sulfonamides is 1. The highest BCUT2D eigenvalue weighted by Crippen LogP contribution is 2.20. The summed E-state index contributed by atoms with van der Waals surface area (Å²) in [6.45, 7) is 2.85. The van der Waals surface area contributed by atoms with Crippen LogP contribution in [0.4, 0.5) is 5.69 Å². The number of hydrogen-bond donors (Lipinski definition) is 2. The van der Waals surface area contributed by atoms with Gasteiger partial charge in [-0.1, -0.05) is 29.3 Å². The standard InChI is InChI=1S/C18H20Cl2N4O6S/c1-3-30-16(26)6-7-22-31(28,29)14-8-12(5-4-11(14)2)23-15(25)10-24-18(27)17(20)13(19)9-21-24/h4-5,8-9,22H,3,6-7,10H2,1-2H3,(H,23,25). The van der Waals surface area contributed by atoms with E-state index in [9.17, 15) is 22.8 Å². The first-order chi connectivity index (χ1) is 14.5. The zero-order valence-corrected chi connectivity index (χ0v) is 19.0. The van der Waals surface area contributed by atoms with E-state index in [1.165, 1.54) is 18.2 Å². The van der Waals surface area contributed by atoms with E-state index >= 15 is 0 Å². The molecular formula is C18H20Cl2N4O6S. The minimum absolute atomic E-state index is 0.0350. The molecular weight excluding hydrogens is 471 g/mol. The molecule has 0 unspecified atom stereocenters. The van der Waals surface area contributed by atoms with Crippen molar-refractivity contribution in [3.8, 4) is 0 Å². The van der Waals surface area contributed by atoms with Gasteiger partial charge in [0.05, 0.1) is 29.1 Å². The number of aryl methyl sites for hydroxylation is 1. The number of nitrogens with zero attached hydrogens (tertiary/aromatic N) is 2. The van der Waals surface area contributed by atoms with E-state index in [-0.39, 0.29) is 40.2 Å². The fourth-order valence-electron chi connectivity index (χ4n) is 2.46. The second-order valence-electron chi connectivity index (χ2n) is 6.25. The molecule has 31 heavy (non-hydrogen) atoms. The van der Waals surface area contributed by atoms with E-state index < -0.39 is 34.0 Å². The Hall–Kier alpha value is -2.47. The topological polar surface area (TPSA) is 136 Å². The number of ether oxygens (including phenoxy) is 1. The van der Waals surface area contributed by atoms with Crippen molar-refractivity contribution >= 4 is 50.8 Å². The molecule has 1 aromatic carbocycles. The van der Waals surface area contributed by atoms with Crippen molar-refractivity contribution in [2.75, 3.05) is 18.5 Å². The number of hydrogen-bond acceptors (Lipinski definition) is 7. The van der Waals surface area contributed by atoms with Gasteiger partial charge in [-0.3, -0.25) is 14.4 Å². The Kier molecular flexibility index (Phi) is 8.57. The lowest BCUT2D eigenvalue weighted by atomic mass is 10.2. The Balaban J connectivity index is 2.11. The summed E-state index contributed by atoms with van der Waals surface area (Å²) in [5.74, 6) is -1.15. The minimum Gasteiger partial charge on any atom is -0.466 e. The molecule has 0 radical (unpaired) electrons. The van der Waals surface area contributed by atoms with Crippen molar-refractivity contribution in [3.63, 3.8) is 0 Å². The van der Waals surface area contributed by atoms with E-state index in [4.69, 9.17) is 27.9 Å². The molecule has 13 heteroatoms. The Morgan fingerprint density at radius 3 is 2.65 bits per heavy atom. The average Bonchev–Trinajstić information content (AvgIpc) is 2.70. The van der Waals surface area contributed by atoms with Crippen molar-refractivity contribution in [2.45, 2.75) is 31.7 Å². The number of carbonyl (C=O) groups excluding carboxylic acids is 2. The summed E-state index contributed by atoms with van der Waals surface area (Å²) in [5, 5.41) is 5.94. The predicted octanol–water partition coefficient (Wildman–Crippen LogP) is 1.73. The van der Waals surface area contributed by atoms with Gasteiger partial charge >= 0.3 is 5.97 Å². The number of aromatic nitrogens is 2. The van der Waals surface area contributed by atoms with Gasteiger partial charge < -0.3 is 10.1 Å². The fourth-order valence-corrected chi connectivity index (χ4v) is 4.03. The molecule has 0 saturated heterocycles. The highest BCUT2D eigenvalue weighted by atomic mass is 35.5. The zero-order chi connectivity index (χ0) is 23.2. The van der Waals surface area contributed by atoms with Crippen molar-refractivity contribution in [3.05, 3.63) is 50.4 Å². The van der Waals surface area contributed by atoms with Gasteiger partial charge in [0, 0.05) is 12.2 Å². The molecule has 10 nitrogen and oxygen atoms in total. The van der Waals surface area contributed by atoms with Crippen molar-refractivity contribution in [1.29, 1.82) is 0 Å². The molecule has 1 heterocycles. The van der Waals surface area contributed by atoms with Gasteiger partial charge in [-0.15, -0.1) is 0 Å². The van der Waals surface area contributed by atoms with Crippen molar-refractivity contribution in [1.82, 2.24) is 14.5 Å². The molecule has 1 aromatic heterocycles. The number of rotatable bonds is 9. The van der Waals surface area contributed by atoms with E-state index in [2.05, 4.69) is 15.1 Å². The van der Waals surface area contributed by atoms with E-state index in [0.29, 0.717) is 5.56 Å². The highest BCUT2D eigenvalue weighted by molar-refractivity contribution is 7.89. The first kappa shape index (κ1) is 24.8. The summed E-state index contributed by atoms with van der Waals surface area (Å²) >= 11 is 11.5. The minimum atomic E-state index is -3.94. The Labute approximate surface area is 188 Å². The van der Waals surface area contributed by atoms with Gasteiger partial charge in [-0.2, -0.15) is 5.10 Å². The van der Waals surface area contributed by atoms with Gasteiger partial charge in [0.2, 0.25) is 15.9 Å². The average molecular weight is 491 g/mol. The molecule has 0 fully saturated rings. The van der Waals surface area contributed by atoms with E-state index in [1.54, 1.807) is 13.8 Å². The number of esters is 1. The quantitative estimate of drug-likeness (QED) is 0.510. The molecule has 1 amide bonds. The van der Waals surface area contributed by atoms with Crippen LogP contribution in [0.3, 0.4) is 0 Å². The maximum absolute atomic E-state index is 12.6. The number of amides is 1. The van der Waals surface area contributed by atoms with Crippen LogP contribution in [-0.4, -0.2) is 43.2 Å². The maximum Gasteiger partial charge on any atom is 0.307 e. The number of carbonyl (C=O) groups is 2. The van der Waals surface area contributed by atoms with Gasteiger partial charge in [0.1, 0.15) is 11.6 Å². The monoisotopic (exact) mass is 490 g/mol. The normalized spacial score (nSPS) is 11.2. The lowest BCUT2D eigenvalue weighted by molar-refractivity contribution is -0.142. The molecule has 0 aliphatic rings. The third-order valence-corrected chi connectivity index (χ3v) is 6.28. The van der Waals surface area contributed by atoms with Gasteiger partial charge in [0.25, 0.3) is 5.56 Å². The fraction of sp³-hybridized carbons (Fsp3) is 0.333. The number of halogens is 2. The van der Waals surface area contributed by atoms with Gasteiger partial charge in [-0.25, -0.2) is 17.8 Å². The third kappa shape index (κ3) is 6.76. The Morgan fingerprint density at radius 2 is 1.97 bits per heavy atom. The number of nitrogens with one attached hydrogen (secondary N) is 2. The lowest BCUT2D eigenvalue weighted by Crippen LogP contribution is -2.30. The summed E-state index contributed by atoms with van der Waals surface area (Å²) in [4.78, 5) is 35.6. The molecule has 2 aromatic rings. The largest absolute Gasteiger partial charge is 0.466 e. The predicted molar refractivity (Wildman–Crippen MR) is 115 cm³/mol. The van der Waals surface area contributed by atoms with Crippen molar-refractivity contribution in [2.24, 2.45) is 0 Å². The summed E-state index contributed by atoms with van der Waals surface area (Å²) in [6, 6.07) is 4.29. The van der Waals surface area contributed by atoms with Gasteiger partial charge in [-0.05, 0) is 31.5 Å². The third-order valence-electron chi connectivity index (χ3n) is 3.92.